The molecule has 20 heavy (non-hydrogen) atoms. The number of nitro groups is 1. The smallest absolute Gasteiger partial charge is 0.269 e. The first kappa shape index (κ1) is 13.9. The Morgan fingerprint density at radius 3 is 2.50 bits per heavy atom. The van der Waals surface area contributed by atoms with Gasteiger partial charge in [0.25, 0.3) is 5.69 Å². The number of hydrogen-bond acceptors (Lipinski definition) is 4. The predicted octanol–water partition coefficient (Wildman–Crippen LogP) is 4.11. The van der Waals surface area contributed by atoms with Gasteiger partial charge in [0.15, 0.2) is 5.78 Å². The van der Waals surface area contributed by atoms with Crippen molar-refractivity contribution < 1.29 is 9.72 Å². The minimum absolute atomic E-state index is 0.0339. The summed E-state index contributed by atoms with van der Waals surface area (Å²) in [6.07, 6.45) is 6.66. The topological polar surface area (TPSA) is 60.2 Å². The summed E-state index contributed by atoms with van der Waals surface area (Å²) in [5.41, 5.74) is 0.898. The van der Waals surface area contributed by atoms with Gasteiger partial charge in [-0.05, 0) is 35.2 Å². The van der Waals surface area contributed by atoms with Crippen LogP contribution in [0.2, 0.25) is 0 Å². The first-order valence-corrected chi connectivity index (χ1v) is 6.72. The van der Waals surface area contributed by atoms with Crippen molar-refractivity contribution in [2.24, 2.45) is 0 Å². The lowest BCUT2D eigenvalue weighted by Crippen LogP contribution is -1.87. The van der Waals surface area contributed by atoms with Gasteiger partial charge in [0.2, 0.25) is 0 Å². The molecular formula is C15H11NO3S. The fourth-order valence-electron chi connectivity index (χ4n) is 1.52. The molecule has 1 aromatic heterocycles. The van der Waals surface area contributed by atoms with Crippen LogP contribution in [-0.2, 0) is 0 Å². The van der Waals surface area contributed by atoms with E-state index >= 15 is 0 Å². The second-order valence-electron chi connectivity index (χ2n) is 3.91. The molecule has 1 heterocycles. The number of carbonyl (C=O) groups is 1. The van der Waals surface area contributed by atoms with Crippen LogP contribution in [0, 0.1) is 10.1 Å². The predicted molar refractivity (Wildman–Crippen MR) is 79.9 cm³/mol. The zero-order chi connectivity index (χ0) is 14.4. The van der Waals surface area contributed by atoms with Gasteiger partial charge in [0.1, 0.15) is 0 Å². The van der Waals surface area contributed by atoms with E-state index in [2.05, 4.69) is 0 Å². The highest BCUT2D eigenvalue weighted by molar-refractivity contribution is 7.12. The largest absolute Gasteiger partial charge is 0.288 e. The number of non-ortho nitro benzene ring substituents is 1. The third-order valence-electron chi connectivity index (χ3n) is 2.52. The third kappa shape index (κ3) is 3.73. The van der Waals surface area contributed by atoms with Gasteiger partial charge in [-0.1, -0.05) is 24.3 Å². The van der Waals surface area contributed by atoms with Crippen LogP contribution in [0.3, 0.4) is 0 Å². The minimum atomic E-state index is -0.437. The molecule has 5 heteroatoms. The summed E-state index contributed by atoms with van der Waals surface area (Å²) in [6, 6.07) is 9.81. The Morgan fingerprint density at radius 2 is 1.90 bits per heavy atom. The van der Waals surface area contributed by atoms with Crippen molar-refractivity contribution in [3.8, 4) is 0 Å². The maximum Gasteiger partial charge on any atom is 0.269 e. The number of hydrogen-bond donors (Lipinski definition) is 0. The molecule has 0 saturated carbocycles. The van der Waals surface area contributed by atoms with E-state index in [1.165, 1.54) is 29.5 Å². The van der Waals surface area contributed by atoms with Crippen LogP contribution in [0.1, 0.15) is 15.2 Å². The van der Waals surface area contributed by atoms with E-state index in [9.17, 15) is 14.9 Å². The third-order valence-corrected chi connectivity index (χ3v) is 3.40. The second kappa shape index (κ2) is 6.58. The van der Waals surface area contributed by atoms with Crippen molar-refractivity contribution in [1.82, 2.24) is 0 Å². The SMILES string of the molecule is O=C(/C=C/C=C/c1ccc([N+](=O)[O-])cc1)c1cccs1. The molecule has 0 bridgehead atoms. The van der Waals surface area contributed by atoms with Crippen molar-refractivity contribution in [3.05, 3.63) is 80.6 Å². The fourth-order valence-corrected chi connectivity index (χ4v) is 2.16. The maximum absolute atomic E-state index is 11.7. The monoisotopic (exact) mass is 285 g/mol. The first-order chi connectivity index (χ1) is 9.66. The van der Waals surface area contributed by atoms with Crippen molar-refractivity contribution in [2.75, 3.05) is 0 Å². The number of allylic oxidation sites excluding steroid dienone is 3. The zero-order valence-electron chi connectivity index (χ0n) is 10.4. The molecule has 0 aliphatic carbocycles. The van der Waals surface area contributed by atoms with E-state index in [-0.39, 0.29) is 11.5 Å². The Hall–Kier alpha value is -2.53. The molecule has 2 rings (SSSR count). The van der Waals surface area contributed by atoms with Crippen molar-refractivity contribution in [2.45, 2.75) is 0 Å². The van der Waals surface area contributed by atoms with Crippen LogP contribution in [0.4, 0.5) is 5.69 Å². The molecule has 0 atom stereocenters. The number of rotatable bonds is 5. The Morgan fingerprint density at radius 1 is 1.15 bits per heavy atom. The lowest BCUT2D eigenvalue weighted by molar-refractivity contribution is -0.384. The lowest BCUT2D eigenvalue weighted by atomic mass is 10.2. The number of ketones is 1. The summed E-state index contributed by atoms with van der Waals surface area (Å²) >= 11 is 1.40. The summed E-state index contributed by atoms with van der Waals surface area (Å²) in [5.74, 6) is -0.0339. The summed E-state index contributed by atoms with van der Waals surface area (Å²) in [7, 11) is 0. The molecule has 1 aromatic carbocycles. The van der Waals surface area contributed by atoms with Crippen LogP contribution >= 0.6 is 11.3 Å². The highest BCUT2D eigenvalue weighted by Gasteiger charge is 2.02. The second-order valence-corrected chi connectivity index (χ2v) is 4.86. The highest BCUT2D eigenvalue weighted by atomic mass is 32.1. The normalized spacial score (nSPS) is 11.2. The molecule has 0 amide bonds. The standard InChI is InChI=1S/C15H11NO3S/c17-14(15-6-3-11-20-15)5-2-1-4-12-7-9-13(10-8-12)16(18)19/h1-11H/b4-1+,5-2+. The van der Waals surface area contributed by atoms with Gasteiger partial charge in [0, 0.05) is 12.1 Å². The molecule has 0 N–H and O–H groups in total. The Labute approximate surface area is 119 Å². The van der Waals surface area contributed by atoms with Gasteiger partial charge in [-0.25, -0.2) is 0 Å². The van der Waals surface area contributed by atoms with Crippen LogP contribution in [0.15, 0.2) is 60.0 Å². The molecule has 0 radical (unpaired) electrons. The van der Waals surface area contributed by atoms with Crippen molar-refractivity contribution in [3.63, 3.8) is 0 Å². The van der Waals surface area contributed by atoms with Crippen LogP contribution < -0.4 is 0 Å². The lowest BCUT2D eigenvalue weighted by Gasteiger charge is -1.92. The highest BCUT2D eigenvalue weighted by Crippen LogP contribution is 2.13. The zero-order valence-corrected chi connectivity index (χ0v) is 11.2. The number of nitro benzene ring substituents is 1. The Kier molecular flexibility index (Phi) is 4.57. The number of carbonyl (C=O) groups excluding carboxylic acids is 1. The molecule has 0 unspecified atom stereocenters. The van der Waals surface area contributed by atoms with Gasteiger partial charge in [-0.2, -0.15) is 0 Å². The molecule has 100 valence electrons. The Balaban J connectivity index is 1.96. The van der Waals surface area contributed by atoms with Crippen LogP contribution in [0.25, 0.3) is 6.08 Å². The molecule has 0 aliphatic rings. The minimum Gasteiger partial charge on any atom is -0.288 e. The van der Waals surface area contributed by atoms with E-state index in [0.717, 1.165) is 5.56 Å². The molecular weight excluding hydrogens is 274 g/mol. The van der Waals surface area contributed by atoms with E-state index in [0.29, 0.717) is 4.88 Å². The average molecular weight is 285 g/mol. The molecule has 0 fully saturated rings. The van der Waals surface area contributed by atoms with Crippen molar-refractivity contribution >= 4 is 28.9 Å². The van der Waals surface area contributed by atoms with Gasteiger partial charge < -0.3 is 0 Å². The van der Waals surface area contributed by atoms with Gasteiger partial charge in [0.05, 0.1) is 9.80 Å². The van der Waals surface area contributed by atoms with Gasteiger partial charge >= 0.3 is 0 Å². The van der Waals surface area contributed by atoms with Crippen LogP contribution in [0.5, 0.6) is 0 Å². The fraction of sp³-hybridized carbons (Fsp3) is 0. The molecule has 0 spiro atoms. The number of nitrogens with zero attached hydrogens (tertiary/aromatic N) is 1. The average Bonchev–Trinajstić information content (AvgIpc) is 2.98. The molecule has 0 saturated heterocycles. The van der Waals surface area contributed by atoms with Crippen LogP contribution in [-0.4, -0.2) is 10.7 Å². The summed E-state index contributed by atoms with van der Waals surface area (Å²) in [4.78, 5) is 22.4. The van der Waals surface area contributed by atoms with Crippen molar-refractivity contribution in [1.29, 1.82) is 0 Å². The summed E-state index contributed by atoms with van der Waals surface area (Å²) in [5, 5.41) is 12.4. The van der Waals surface area contributed by atoms with Gasteiger partial charge in [-0.3, -0.25) is 14.9 Å². The summed E-state index contributed by atoms with van der Waals surface area (Å²) in [6.45, 7) is 0. The van der Waals surface area contributed by atoms with E-state index < -0.39 is 4.92 Å². The number of benzene rings is 1. The number of thiophene rings is 1. The Bertz CT molecular complexity index is 655. The van der Waals surface area contributed by atoms with Gasteiger partial charge in [-0.15, -0.1) is 11.3 Å². The maximum atomic E-state index is 11.7. The van der Waals surface area contributed by atoms with E-state index in [1.54, 1.807) is 36.4 Å². The molecule has 2 aromatic rings. The summed E-state index contributed by atoms with van der Waals surface area (Å²) < 4.78 is 0. The van der Waals surface area contributed by atoms with E-state index in [4.69, 9.17) is 0 Å². The van der Waals surface area contributed by atoms with E-state index in [1.807, 2.05) is 11.4 Å². The first-order valence-electron chi connectivity index (χ1n) is 5.84. The quantitative estimate of drug-likeness (QED) is 0.273. The molecule has 0 aliphatic heterocycles. The molecule has 4 nitrogen and oxygen atoms in total.